The maximum absolute atomic E-state index is 10.8. The average molecular weight is 306 g/mol. The second-order valence-corrected chi connectivity index (χ2v) is 5.06. The molecule has 2 N–H and O–H groups in total. The number of hydrogen-bond donors (Lipinski definition) is 2. The SMILES string of the molecule is O=CCC(CC(=O)O)c1ccc(C(CC=O)CC(=O)O)cc1. The highest BCUT2D eigenvalue weighted by molar-refractivity contribution is 5.70. The standard InChI is InChI=1S/C16H18O6/c17-7-5-13(9-15(19)20)11-1-2-12(4-3-11)14(6-8-18)10-16(21)22/h1-4,7-8,13-14H,5-6,9-10H2,(H,19,20)(H,21,22). The topological polar surface area (TPSA) is 109 Å². The predicted octanol–water partition coefficient (Wildman–Crippen LogP) is 1.98. The van der Waals surface area contributed by atoms with Gasteiger partial charge in [-0.25, -0.2) is 0 Å². The molecule has 0 spiro atoms. The molecule has 1 aromatic rings. The fourth-order valence-corrected chi connectivity index (χ4v) is 2.37. The van der Waals surface area contributed by atoms with Crippen LogP contribution in [0.4, 0.5) is 0 Å². The molecule has 0 aliphatic rings. The molecule has 0 saturated heterocycles. The molecule has 22 heavy (non-hydrogen) atoms. The molecule has 2 unspecified atom stereocenters. The number of benzene rings is 1. The van der Waals surface area contributed by atoms with Crippen LogP contribution in [0.25, 0.3) is 0 Å². The number of carbonyl (C=O) groups excluding carboxylic acids is 2. The van der Waals surface area contributed by atoms with Crippen LogP contribution >= 0.6 is 0 Å². The van der Waals surface area contributed by atoms with Crippen LogP contribution in [-0.4, -0.2) is 34.7 Å². The van der Waals surface area contributed by atoms with Crippen LogP contribution < -0.4 is 0 Å². The Morgan fingerprint density at radius 2 is 1.14 bits per heavy atom. The largest absolute Gasteiger partial charge is 0.481 e. The average Bonchev–Trinajstić information content (AvgIpc) is 2.46. The third-order valence-electron chi connectivity index (χ3n) is 3.48. The minimum absolute atomic E-state index is 0.110. The van der Waals surface area contributed by atoms with Gasteiger partial charge in [0.25, 0.3) is 0 Å². The minimum atomic E-state index is -0.986. The molecule has 1 aromatic carbocycles. The first kappa shape index (κ1) is 17.6. The number of hydrogen-bond acceptors (Lipinski definition) is 4. The summed E-state index contributed by atoms with van der Waals surface area (Å²) in [6.07, 6.45) is 1.29. The Kier molecular flexibility index (Phi) is 6.95. The van der Waals surface area contributed by atoms with Crippen LogP contribution in [-0.2, 0) is 19.2 Å². The highest BCUT2D eigenvalue weighted by Gasteiger charge is 2.18. The summed E-state index contributed by atoms with van der Waals surface area (Å²) in [6, 6.07) is 6.75. The molecule has 0 radical (unpaired) electrons. The summed E-state index contributed by atoms with van der Waals surface area (Å²) in [4.78, 5) is 42.9. The van der Waals surface area contributed by atoms with Crippen molar-refractivity contribution in [1.29, 1.82) is 0 Å². The van der Waals surface area contributed by atoms with Gasteiger partial charge in [-0.05, 0) is 11.1 Å². The van der Waals surface area contributed by atoms with Crippen LogP contribution in [0.1, 0.15) is 48.6 Å². The lowest BCUT2D eigenvalue weighted by atomic mass is 9.88. The molecule has 0 bridgehead atoms. The van der Waals surface area contributed by atoms with E-state index in [4.69, 9.17) is 10.2 Å². The van der Waals surface area contributed by atoms with E-state index in [1.807, 2.05) is 0 Å². The molecule has 0 fully saturated rings. The molecular formula is C16H18O6. The maximum Gasteiger partial charge on any atom is 0.303 e. The van der Waals surface area contributed by atoms with E-state index in [0.29, 0.717) is 23.7 Å². The Morgan fingerprint density at radius 1 is 0.818 bits per heavy atom. The molecule has 0 amide bonds. The fraction of sp³-hybridized carbons (Fsp3) is 0.375. The van der Waals surface area contributed by atoms with Gasteiger partial charge in [0, 0.05) is 24.7 Å². The predicted molar refractivity (Wildman–Crippen MR) is 77.8 cm³/mol. The lowest BCUT2D eigenvalue weighted by Crippen LogP contribution is -2.09. The third-order valence-corrected chi connectivity index (χ3v) is 3.48. The zero-order valence-corrected chi connectivity index (χ0v) is 12.0. The highest BCUT2D eigenvalue weighted by atomic mass is 16.4. The van der Waals surface area contributed by atoms with Crippen molar-refractivity contribution in [2.45, 2.75) is 37.5 Å². The first-order valence-electron chi connectivity index (χ1n) is 6.88. The van der Waals surface area contributed by atoms with E-state index in [-0.39, 0.29) is 25.7 Å². The van der Waals surface area contributed by atoms with Crippen LogP contribution in [0.2, 0.25) is 0 Å². The van der Waals surface area contributed by atoms with Crippen molar-refractivity contribution in [1.82, 2.24) is 0 Å². The quantitative estimate of drug-likeness (QED) is 0.640. The van der Waals surface area contributed by atoms with Crippen molar-refractivity contribution >= 4 is 24.5 Å². The Labute approximate surface area is 127 Å². The van der Waals surface area contributed by atoms with Gasteiger partial charge in [-0.15, -0.1) is 0 Å². The second kappa shape index (κ2) is 8.71. The van der Waals surface area contributed by atoms with E-state index in [1.54, 1.807) is 24.3 Å². The number of aliphatic carboxylic acids is 2. The molecule has 0 saturated carbocycles. The minimum Gasteiger partial charge on any atom is -0.481 e. The molecule has 0 aliphatic heterocycles. The molecule has 1 rings (SSSR count). The first-order chi connectivity index (χ1) is 10.5. The Bertz CT molecular complexity index is 485. The van der Waals surface area contributed by atoms with Crippen molar-refractivity contribution in [3.63, 3.8) is 0 Å². The Balaban J connectivity index is 2.94. The summed E-state index contributed by atoms with van der Waals surface area (Å²) in [5.74, 6) is -2.79. The second-order valence-electron chi connectivity index (χ2n) is 5.06. The van der Waals surface area contributed by atoms with Crippen LogP contribution in [0.3, 0.4) is 0 Å². The first-order valence-corrected chi connectivity index (χ1v) is 6.88. The van der Waals surface area contributed by atoms with Gasteiger partial charge in [0.1, 0.15) is 12.6 Å². The molecule has 118 valence electrons. The smallest absolute Gasteiger partial charge is 0.303 e. The number of carboxylic acids is 2. The summed E-state index contributed by atoms with van der Waals surface area (Å²) in [7, 11) is 0. The monoisotopic (exact) mass is 306 g/mol. The van der Waals surface area contributed by atoms with Crippen molar-refractivity contribution in [2.75, 3.05) is 0 Å². The van der Waals surface area contributed by atoms with Crippen molar-refractivity contribution in [2.24, 2.45) is 0 Å². The van der Waals surface area contributed by atoms with Gasteiger partial charge in [-0.1, -0.05) is 24.3 Å². The van der Waals surface area contributed by atoms with Crippen LogP contribution in [0.15, 0.2) is 24.3 Å². The third kappa shape index (κ3) is 5.47. The van der Waals surface area contributed by atoms with E-state index in [0.717, 1.165) is 0 Å². The number of rotatable bonds is 10. The van der Waals surface area contributed by atoms with Gasteiger partial charge in [0.2, 0.25) is 0 Å². The molecule has 0 aromatic heterocycles. The van der Waals surface area contributed by atoms with Crippen LogP contribution in [0, 0.1) is 0 Å². The van der Waals surface area contributed by atoms with Gasteiger partial charge in [-0.3, -0.25) is 9.59 Å². The van der Waals surface area contributed by atoms with E-state index >= 15 is 0 Å². The summed E-state index contributed by atoms with van der Waals surface area (Å²) >= 11 is 0. The maximum atomic E-state index is 10.8. The summed E-state index contributed by atoms with van der Waals surface area (Å²) < 4.78 is 0. The van der Waals surface area contributed by atoms with Gasteiger partial charge < -0.3 is 19.8 Å². The summed E-state index contributed by atoms with van der Waals surface area (Å²) in [6.45, 7) is 0. The van der Waals surface area contributed by atoms with Gasteiger partial charge in [-0.2, -0.15) is 0 Å². The van der Waals surface area contributed by atoms with Crippen molar-refractivity contribution < 1.29 is 29.4 Å². The molecular weight excluding hydrogens is 288 g/mol. The van der Waals surface area contributed by atoms with Gasteiger partial charge in [0.05, 0.1) is 12.8 Å². The van der Waals surface area contributed by atoms with E-state index in [1.165, 1.54) is 0 Å². The molecule has 2 atom stereocenters. The lowest BCUT2D eigenvalue weighted by Gasteiger charge is -2.16. The molecule has 0 heterocycles. The van der Waals surface area contributed by atoms with Crippen molar-refractivity contribution in [3.05, 3.63) is 35.4 Å². The van der Waals surface area contributed by atoms with E-state index in [9.17, 15) is 19.2 Å². The molecule has 6 nitrogen and oxygen atoms in total. The van der Waals surface area contributed by atoms with Gasteiger partial charge in [0.15, 0.2) is 0 Å². The van der Waals surface area contributed by atoms with E-state index in [2.05, 4.69) is 0 Å². The van der Waals surface area contributed by atoms with Crippen LogP contribution in [0.5, 0.6) is 0 Å². The zero-order chi connectivity index (χ0) is 16.5. The summed E-state index contributed by atoms with van der Waals surface area (Å²) in [5, 5.41) is 17.7. The van der Waals surface area contributed by atoms with Gasteiger partial charge >= 0.3 is 11.9 Å². The fourth-order valence-electron chi connectivity index (χ4n) is 2.37. The molecule has 6 heteroatoms. The lowest BCUT2D eigenvalue weighted by molar-refractivity contribution is -0.138. The normalized spacial score (nSPS) is 13.1. The zero-order valence-electron chi connectivity index (χ0n) is 12.0. The number of carbonyl (C=O) groups is 4. The summed E-state index contributed by atoms with van der Waals surface area (Å²) in [5.41, 5.74) is 1.41. The molecule has 0 aliphatic carbocycles. The van der Waals surface area contributed by atoms with E-state index < -0.39 is 23.8 Å². The Hall–Kier alpha value is -2.50. The number of carboxylic acid groups (broad SMARTS) is 2. The highest BCUT2D eigenvalue weighted by Crippen LogP contribution is 2.27. The van der Waals surface area contributed by atoms with Crippen molar-refractivity contribution in [3.8, 4) is 0 Å². The Morgan fingerprint density at radius 3 is 1.36 bits per heavy atom. The number of aldehydes is 2.